The van der Waals surface area contributed by atoms with Gasteiger partial charge in [0.2, 0.25) is 0 Å². The van der Waals surface area contributed by atoms with Gasteiger partial charge in [-0.1, -0.05) is 19.9 Å². The van der Waals surface area contributed by atoms with Gasteiger partial charge >= 0.3 is 12.2 Å². The van der Waals surface area contributed by atoms with Crippen LogP contribution >= 0.6 is 0 Å². The molecule has 1 saturated heterocycles. The highest BCUT2D eigenvalue weighted by Crippen LogP contribution is 2.38. The molecule has 0 N–H and O–H groups in total. The van der Waals surface area contributed by atoms with Gasteiger partial charge in [0.25, 0.3) is 0 Å². The number of ketones is 1. The second-order valence-corrected chi connectivity index (χ2v) is 9.28. The fourth-order valence-corrected chi connectivity index (χ4v) is 4.21. The number of amides is 2. The molecule has 0 spiro atoms. The van der Waals surface area contributed by atoms with Gasteiger partial charge in [-0.25, -0.2) is 9.78 Å². The Kier molecular flexibility index (Phi) is 6.41. The van der Waals surface area contributed by atoms with Crippen molar-refractivity contribution < 1.29 is 22.8 Å². The van der Waals surface area contributed by atoms with Crippen LogP contribution in [0.1, 0.15) is 56.0 Å². The summed E-state index contributed by atoms with van der Waals surface area (Å²) in [7, 11) is 0. The van der Waals surface area contributed by atoms with Crippen LogP contribution in [-0.4, -0.2) is 45.8 Å². The van der Waals surface area contributed by atoms with E-state index in [9.17, 15) is 22.8 Å². The maximum Gasteiger partial charge on any atom is 0.433 e. The lowest BCUT2D eigenvalue weighted by Gasteiger charge is -2.23. The van der Waals surface area contributed by atoms with E-state index in [1.54, 1.807) is 6.20 Å². The second kappa shape index (κ2) is 9.11. The van der Waals surface area contributed by atoms with Crippen LogP contribution in [0.25, 0.3) is 0 Å². The Morgan fingerprint density at radius 3 is 2.42 bits per heavy atom. The summed E-state index contributed by atoms with van der Waals surface area (Å²) >= 11 is 0. The molecule has 9 heteroatoms. The molecule has 2 amide bonds. The van der Waals surface area contributed by atoms with Crippen LogP contribution in [0.3, 0.4) is 0 Å². The third kappa shape index (κ3) is 5.51. The van der Waals surface area contributed by atoms with Crippen LogP contribution in [0.2, 0.25) is 0 Å². The van der Waals surface area contributed by atoms with Crippen molar-refractivity contribution in [2.24, 2.45) is 5.92 Å². The molecule has 2 fully saturated rings. The highest BCUT2D eigenvalue weighted by molar-refractivity contribution is 5.97. The monoisotopic (exact) mass is 460 g/mol. The number of urea groups is 1. The minimum Gasteiger partial charge on any atom is -0.312 e. The van der Waals surface area contributed by atoms with Gasteiger partial charge in [0.15, 0.2) is 5.78 Å². The van der Waals surface area contributed by atoms with Crippen LogP contribution in [0, 0.1) is 5.92 Å². The molecule has 33 heavy (non-hydrogen) atoms. The molecular formula is C24H27F3N4O2. The van der Waals surface area contributed by atoms with Gasteiger partial charge in [-0.2, -0.15) is 13.2 Å². The Labute approximate surface area is 190 Å². The van der Waals surface area contributed by atoms with Crippen LogP contribution in [0.5, 0.6) is 0 Å². The highest BCUT2D eigenvalue weighted by Gasteiger charge is 2.40. The number of hydrogen-bond donors (Lipinski definition) is 0. The van der Waals surface area contributed by atoms with Crippen molar-refractivity contribution in [3.05, 3.63) is 53.6 Å². The number of anilines is 1. The molecule has 1 aliphatic carbocycles. The standard InChI is InChI=1S/C24H27F3N4O2/c1-15(2)9-19-13-30(18-6-8-22(29-12-18)24(25,26)27)23(33)31(19)14-20(32)10-16-3-7-21(28-11-16)17-4-5-17/h3,6-8,11-12,15,17,19H,4-5,9-10,13-14H2,1-2H3/t19-/m0/s1. The summed E-state index contributed by atoms with van der Waals surface area (Å²) in [6.07, 6.45) is 1.42. The highest BCUT2D eigenvalue weighted by atomic mass is 19.4. The first-order valence-corrected chi connectivity index (χ1v) is 11.2. The number of rotatable bonds is 8. The number of aromatic nitrogens is 2. The second-order valence-electron chi connectivity index (χ2n) is 9.28. The summed E-state index contributed by atoms with van der Waals surface area (Å²) < 4.78 is 38.5. The predicted octanol–water partition coefficient (Wildman–Crippen LogP) is 4.84. The Morgan fingerprint density at radius 2 is 1.88 bits per heavy atom. The van der Waals surface area contributed by atoms with E-state index in [0.717, 1.165) is 36.4 Å². The Morgan fingerprint density at radius 1 is 1.12 bits per heavy atom. The lowest BCUT2D eigenvalue weighted by atomic mass is 10.0. The van der Waals surface area contributed by atoms with Gasteiger partial charge in [-0.15, -0.1) is 0 Å². The van der Waals surface area contributed by atoms with E-state index in [4.69, 9.17) is 0 Å². The van der Waals surface area contributed by atoms with E-state index >= 15 is 0 Å². The number of nitrogens with zero attached hydrogens (tertiary/aromatic N) is 4. The maximum absolute atomic E-state index is 13.1. The molecule has 2 aromatic heterocycles. The number of carbonyl (C=O) groups excluding carboxylic acids is 2. The summed E-state index contributed by atoms with van der Waals surface area (Å²) in [5.74, 6) is 0.718. The third-order valence-electron chi connectivity index (χ3n) is 6.00. The van der Waals surface area contributed by atoms with Crippen LogP contribution in [-0.2, 0) is 17.4 Å². The Balaban J connectivity index is 1.45. The molecule has 3 heterocycles. The van der Waals surface area contributed by atoms with Gasteiger partial charge in [-0.05, 0) is 48.9 Å². The summed E-state index contributed by atoms with van der Waals surface area (Å²) in [6.45, 7) is 4.31. The number of halogens is 3. The van der Waals surface area contributed by atoms with E-state index in [-0.39, 0.29) is 36.4 Å². The minimum absolute atomic E-state index is 0.0504. The molecule has 2 aliphatic rings. The SMILES string of the molecule is CC(C)C[C@H]1CN(c2ccc(C(F)(F)F)nc2)C(=O)N1CC(=O)Cc1ccc(C2CC2)nc1. The predicted molar refractivity (Wildman–Crippen MR) is 117 cm³/mol. The number of alkyl halides is 3. The van der Waals surface area contributed by atoms with Gasteiger partial charge in [-0.3, -0.25) is 14.7 Å². The molecule has 1 saturated carbocycles. The molecule has 0 aromatic carbocycles. The van der Waals surface area contributed by atoms with Gasteiger partial charge in [0.05, 0.1) is 24.5 Å². The molecule has 0 bridgehead atoms. The summed E-state index contributed by atoms with van der Waals surface area (Å²) in [4.78, 5) is 36.8. The zero-order valence-corrected chi connectivity index (χ0v) is 18.7. The zero-order chi connectivity index (χ0) is 23.8. The van der Waals surface area contributed by atoms with E-state index in [1.807, 2.05) is 26.0 Å². The molecular weight excluding hydrogens is 433 g/mol. The van der Waals surface area contributed by atoms with E-state index in [1.165, 1.54) is 15.9 Å². The lowest BCUT2D eigenvalue weighted by molar-refractivity contribution is -0.141. The summed E-state index contributed by atoms with van der Waals surface area (Å²) in [5, 5.41) is 0. The molecule has 4 rings (SSSR count). The number of pyridine rings is 2. The molecule has 0 radical (unpaired) electrons. The first-order valence-electron chi connectivity index (χ1n) is 11.2. The molecule has 1 aliphatic heterocycles. The molecule has 6 nitrogen and oxygen atoms in total. The van der Waals surface area contributed by atoms with Crippen molar-refractivity contribution in [3.8, 4) is 0 Å². The number of carbonyl (C=O) groups is 2. The largest absolute Gasteiger partial charge is 0.433 e. The zero-order valence-electron chi connectivity index (χ0n) is 18.7. The molecule has 0 unspecified atom stereocenters. The van der Waals surface area contributed by atoms with Crippen LogP contribution in [0.15, 0.2) is 36.7 Å². The van der Waals surface area contributed by atoms with Crippen molar-refractivity contribution in [1.29, 1.82) is 0 Å². The minimum atomic E-state index is -4.54. The smallest absolute Gasteiger partial charge is 0.312 e. The molecule has 176 valence electrons. The van der Waals surface area contributed by atoms with Gasteiger partial charge in [0.1, 0.15) is 5.69 Å². The van der Waals surface area contributed by atoms with Crippen molar-refractivity contribution in [3.63, 3.8) is 0 Å². The van der Waals surface area contributed by atoms with Crippen molar-refractivity contribution in [1.82, 2.24) is 14.9 Å². The average molecular weight is 461 g/mol. The molecule has 2 aromatic rings. The molecule has 1 atom stereocenters. The van der Waals surface area contributed by atoms with Crippen LogP contribution in [0.4, 0.5) is 23.7 Å². The van der Waals surface area contributed by atoms with E-state index in [2.05, 4.69) is 9.97 Å². The normalized spacial score (nSPS) is 19.0. The van der Waals surface area contributed by atoms with Gasteiger partial charge < -0.3 is 4.90 Å². The van der Waals surface area contributed by atoms with Crippen molar-refractivity contribution >= 4 is 17.5 Å². The number of hydrogen-bond acceptors (Lipinski definition) is 4. The topological polar surface area (TPSA) is 66.4 Å². The first-order chi connectivity index (χ1) is 15.6. The quantitative estimate of drug-likeness (QED) is 0.565. The maximum atomic E-state index is 13.1. The fourth-order valence-electron chi connectivity index (χ4n) is 4.21. The Hall–Kier alpha value is -2.97. The summed E-state index contributed by atoms with van der Waals surface area (Å²) in [6, 6.07) is 5.39. The first kappa shape index (κ1) is 23.2. The third-order valence-corrected chi connectivity index (χ3v) is 6.00. The van der Waals surface area contributed by atoms with E-state index < -0.39 is 17.9 Å². The number of Topliss-reactive ketones (excluding diaryl/α,β-unsaturated/α-hetero) is 1. The van der Waals surface area contributed by atoms with Gasteiger partial charge in [0, 0.05) is 30.8 Å². The van der Waals surface area contributed by atoms with Crippen molar-refractivity contribution in [2.75, 3.05) is 18.0 Å². The lowest BCUT2D eigenvalue weighted by Crippen LogP contribution is -2.40. The van der Waals surface area contributed by atoms with E-state index in [0.29, 0.717) is 18.9 Å². The fraction of sp³-hybridized carbons (Fsp3) is 0.500. The Bertz CT molecular complexity index is 1000. The average Bonchev–Trinajstić information content (AvgIpc) is 3.55. The summed E-state index contributed by atoms with van der Waals surface area (Å²) in [5.41, 5.74) is 1.14. The van der Waals surface area contributed by atoms with Crippen LogP contribution < -0.4 is 4.90 Å². The van der Waals surface area contributed by atoms with Crippen molar-refractivity contribution in [2.45, 2.75) is 57.7 Å².